The lowest BCUT2D eigenvalue weighted by Gasteiger charge is -2.06. The Balaban J connectivity index is 2.62. The summed E-state index contributed by atoms with van der Waals surface area (Å²) in [5.74, 6) is -1.43. The highest BCUT2D eigenvalue weighted by molar-refractivity contribution is 7.81. The molecule has 0 radical (unpaired) electrons. The van der Waals surface area contributed by atoms with Crippen molar-refractivity contribution in [2.45, 2.75) is 5.51 Å². The van der Waals surface area contributed by atoms with E-state index in [0.29, 0.717) is 0 Å². The number of hydrogen-bond acceptors (Lipinski definition) is 5. The summed E-state index contributed by atoms with van der Waals surface area (Å²) in [5, 5.41) is 17.7. The summed E-state index contributed by atoms with van der Waals surface area (Å²) in [4.78, 5) is 3.79. The minimum Gasteiger partial charge on any atom is -0.492 e. The Kier molecular flexibility index (Phi) is 3.09. The predicted molar refractivity (Wildman–Crippen MR) is 39.6 cm³/mol. The molecule has 1 aromatic rings. The minimum atomic E-state index is -5.11. The lowest BCUT2D eigenvalue weighted by Crippen LogP contribution is -2.23. The van der Waals surface area contributed by atoms with Crippen molar-refractivity contribution >= 4 is 11.1 Å². The molecule has 0 aliphatic heterocycles. The van der Waals surface area contributed by atoms with E-state index >= 15 is 0 Å². The molecule has 15 heavy (non-hydrogen) atoms. The lowest BCUT2D eigenvalue weighted by atomic mass is 10.6. The zero-order valence-electron chi connectivity index (χ0n) is 6.76. The molecule has 10 heteroatoms. The Morgan fingerprint density at radius 2 is 1.73 bits per heavy atom. The third-order valence-electron chi connectivity index (χ3n) is 1.15. The number of hydrogen-bond donors (Lipinski definition) is 2. The predicted octanol–water partition coefficient (Wildman–Crippen LogP) is 0.443. The minimum absolute atomic E-state index is 0.115. The van der Waals surface area contributed by atoms with E-state index in [1.165, 1.54) is 0 Å². The van der Waals surface area contributed by atoms with E-state index in [-0.39, 0.29) is 4.73 Å². The molecule has 1 rings (SSSR count). The normalized spacial score (nSPS) is 13.8. The highest BCUT2D eigenvalue weighted by Gasteiger charge is 2.40. The number of aromatic nitrogens is 1. The summed E-state index contributed by atoms with van der Waals surface area (Å²) in [6.45, 7) is 0. The molecule has 0 aliphatic carbocycles. The maximum absolute atomic E-state index is 11.6. The van der Waals surface area contributed by atoms with Gasteiger partial charge in [0.15, 0.2) is 0 Å². The van der Waals surface area contributed by atoms with E-state index in [0.717, 1.165) is 12.1 Å². The van der Waals surface area contributed by atoms with E-state index in [1.54, 1.807) is 0 Å². The fourth-order valence-electron chi connectivity index (χ4n) is 0.575. The van der Waals surface area contributed by atoms with Crippen molar-refractivity contribution in [1.82, 2.24) is 4.73 Å². The summed E-state index contributed by atoms with van der Waals surface area (Å²) in [6, 6.07) is 1.85. The number of halogens is 3. The standard InChI is InChI=1S/C5H4F3NO5S/c6-5(7,8)15(12)14-13-9-3(10)1-2-4(9)11/h1-2,10-11H. The quantitative estimate of drug-likeness (QED) is 0.598. The van der Waals surface area contributed by atoms with Gasteiger partial charge in [0.25, 0.3) is 0 Å². The van der Waals surface area contributed by atoms with Gasteiger partial charge >= 0.3 is 16.6 Å². The zero-order chi connectivity index (χ0) is 11.6. The van der Waals surface area contributed by atoms with Crippen LogP contribution in [0.1, 0.15) is 0 Å². The topological polar surface area (TPSA) is 80.9 Å². The van der Waals surface area contributed by atoms with E-state index < -0.39 is 28.3 Å². The molecule has 0 amide bonds. The van der Waals surface area contributed by atoms with Crippen LogP contribution in [0.25, 0.3) is 0 Å². The van der Waals surface area contributed by atoms with E-state index in [9.17, 15) is 17.4 Å². The van der Waals surface area contributed by atoms with Gasteiger partial charge < -0.3 is 10.2 Å². The first-order valence-electron chi connectivity index (χ1n) is 3.26. The third kappa shape index (κ3) is 2.76. The van der Waals surface area contributed by atoms with Crippen molar-refractivity contribution in [3.8, 4) is 11.8 Å². The first-order chi connectivity index (χ1) is 6.82. The first kappa shape index (κ1) is 11.7. The van der Waals surface area contributed by atoms with Gasteiger partial charge in [0, 0.05) is 12.1 Å². The second-order valence-corrected chi connectivity index (χ2v) is 3.24. The van der Waals surface area contributed by atoms with E-state index in [1.807, 2.05) is 0 Å². The van der Waals surface area contributed by atoms with Gasteiger partial charge in [-0.05, 0) is 0 Å². The first-order valence-corrected chi connectivity index (χ1v) is 4.33. The molecule has 0 spiro atoms. The lowest BCUT2D eigenvalue weighted by molar-refractivity contribution is -0.216. The van der Waals surface area contributed by atoms with Crippen molar-refractivity contribution in [3.05, 3.63) is 12.1 Å². The Morgan fingerprint density at radius 3 is 2.13 bits per heavy atom. The molecule has 6 nitrogen and oxygen atoms in total. The van der Waals surface area contributed by atoms with Crippen molar-refractivity contribution < 1.29 is 36.9 Å². The number of alkyl halides is 3. The molecular weight excluding hydrogens is 243 g/mol. The van der Waals surface area contributed by atoms with Gasteiger partial charge in [0.1, 0.15) is 0 Å². The summed E-state index contributed by atoms with van der Waals surface area (Å²) in [6.07, 6.45) is 0. The third-order valence-corrected chi connectivity index (χ3v) is 1.72. The van der Waals surface area contributed by atoms with Gasteiger partial charge in [-0.1, -0.05) is 9.06 Å². The second-order valence-electron chi connectivity index (χ2n) is 2.17. The summed E-state index contributed by atoms with van der Waals surface area (Å²) < 4.78 is 48.7. The maximum atomic E-state index is 11.6. The molecule has 0 bridgehead atoms. The molecule has 1 unspecified atom stereocenters. The number of rotatable bonds is 3. The average molecular weight is 247 g/mol. The Bertz CT molecular complexity index is 356. The largest absolute Gasteiger partial charge is 0.500 e. The van der Waals surface area contributed by atoms with Crippen LogP contribution in [0.15, 0.2) is 12.1 Å². The maximum Gasteiger partial charge on any atom is 0.500 e. The highest BCUT2D eigenvalue weighted by atomic mass is 32.2. The van der Waals surface area contributed by atoms with E-state index in [2.05, 4.69) is 9.32 Å². The van der Waals surface area contributed by atoms with Crippen LogP contribution in [0.5, 0.6) is 11.8 Å². The molecule has 0 aromatic carbocycles. The van der Waals surface area contributed by atoms with Crippen LogP contribution in [-0.2, 0) is 15.4 Å². The van der Waals surface area contributed by atoms with Gasteiger partial charge in [0.05, 0.1) is 0 Å². The van der Waals surface area contributed by atoms with Crippen LogP contribution < -0.4 is 4.99 Å². The fourth-order valence-corrected chi connectivity index (χ4v) is 0.768. The monoisotopic (exact) mass is 247 g/mol. The Morgan fingerprint density at radius 1 is 1.27 bits per heavy atom. The second kappa shape index (κ2) is 3.98. The molecule has 86 valence electrons. The molecule has 0 aliphatic rings. The van der Waals surface area contributed by atoms with Gasteiger partial charge in [-0.2, -0.15) is 13.2 Å². The zero-order valence-corrected chi connectivity index (χ0v) is 7.58. The molecule has 1 aromatic heterocycles. The van der Waals surface area contributed by atoms with Crippen molar-refractivity contribution in [2.24, 2.45) is 0 Å². The SMILES string of the molecule is O=S(OOn1c(O)ccc1O)C(F)(F)F. The molecule has 0 saturated heterocycles. The van der Waals surface area contributed by atoms with Crippen LogP contribution in [0, 0.1) is 0 Å². The Hall–Kier alpha value is -1.42. The fraction of sp³-hybridized carbons (Fsp3) is 0.200. The van der Waals surface area contributed by atoms with Crippen LogP contribution in [-0.4, -0.2) is 24.7 Å². The van der Waals surface area contributed by atoms with Gasteiger partial charge in [-0.15, -0.1) is 0 Å². The van der Waals surface area contributed by atoms with E-state index in [4.69, 9.17) is 10.2 Å². The van der Waals surface area contributed by atoms with Crippen LogP contribution in [0.2, 0.25) is 0 Å². The molecular formula is C5H4F3NO5S. The number of nitrogens with zero attached hydrogens (tertiary/aromatic N) is 1. The van der Waals surface area contributed by atoms with Crippen LogP contribution in [0.3, 0.4) is 0 Å². The van der Waals surface area contributed by atoms with Gasteiger partial charge in [0.2, 0.25) is 11.8 Å². The molecule has 0 fully saturated rings. The Labute approximate surface area is 83.0 Å². The highest BCUT2D eigenvalue weighted by Crippen LogP contribution is 2.22. The van der Waals surface area contributed by atoms with Gasteiger partial charge in [-0.3, -0.25) is 0 Å². The average Bonchev–Trinajstić information content (AvgIpc) is 2.41. The molecule has 0 saturated carbocycles. The smallest absolute Gasteiger partial charge is 0.492 e. The van der Waals surface area contributed by atoms with Crippen LogP contribution in [0.4, 0.5) is 13.2 Å². The summed E-state index contributed by atoms with van der Waals surface area (Å²) in [5.41, 5.74) is -5.11. The van der Waals surface area contributed by atoms with Crippen molar-refractivity contribution in [3.63, 3.8) is 0 Å². The molecule has 1 atom stereocenters. The number of aromatic hydroxyl groups is 2. The molecule has 1 heterocycles. The van der Waals surface area contributed by atoms with Crippen molar-refractivity contribution in [1.29, 1.82) is 0 Å². The molecule has 2 N–H and O–H groups in total. The van der Waals surface area contributed by atoms with Gasteiger partial charge in [-0.25, -0.2) is 9.20 Å². The summed E-state index contributed by atoms with van der Waals surface area (Å²) >= 11 is -3.70. The van der Waals surface area contributed by atoms with Crippen LogP contribution >= 0.6 is 0 Å². The van der Waals surface area contributed by atoms with Crippen molar-refractivity contribution in [2.75, 3.05) is 0 Å². The summed E-state index contributed by atoms with van der Waals surface area (Å²) in [7, 11) is 0.